The minimum atomic E-state index is -0.157. The quantitative estimate of drug-likeness (QED) is 0.636. The first-order valence-electron chi connectivity index (χ1n) is 4.77. The van der Waals surface area contributed by atoms with E-state index in [4.69, 9.17) is 22.2 Å². The van der Waals surface area contributed by atoms with Crippen molar-refractivity contribution >= 4 is 22.9 Å². The second kappa shape index (κ2) is 5.27. The minimum Gasteiger partial charge on any atom is -0.374 e. The molecule has 5 heteroatoms. The second-order valence-corrected chi connectivity index (χ2v) is 6.03. The number of rotatable bonds is 4. The summed E-state index contributed by atoms with van der Waals surface area (Å²) in [5, 5.41) is 0. The van der Waals surface area contributed by atoms with Crippen LogP contribution in [0.15, 0.2) is 12.1 Å². The van der Waals surface area contributed by atoms with Crippen LogP contribution in [0, 0.1) is 0 Å². The van der Waals surface area contributed by atoms with Gasteiger partial charge in [-0.2, -0.15) is 0 Å². The van der Waals surface area contributed by atoms with E-state index < -0.39 is 0 Å². The molecule has 0 bridgehead atoms. The molecule has 1 aromatic rings. The van der Waals surface area contributed by atoms with Crippen molar-refractivity contribution in [1.82, 2.24) is 5.43 Å². The highest BCUT2D eigenvalue weighted by atomic mass is 35.5. The van der Waals surface area contributed by atoms with Gasteiger partial charge in [-0.05, 0) is 32.9 Å². The van der Waals surface area contributed by atoms with Crippen molar-refractivity contribution in [3.8, 4) is 0 Å². The van der Waals surface area contributed by atoms with Crippen molar-refractivity contribution < 1.29 is 4.74 Å². The van der Waals surface area contributed by atoms with Crippen LogP contribution in [0.2, 0.25) is 4.34 Å². The van der Waals surface area contributed by atoms with Gasteiger partial charge in [0.05, 0.1) is 22.6 Å². The Morgan fingerprint density at radius 2 is 2.20 bits per heavy atom. The highest BCUT2D eigenvalue weighted by molar-refractivity contribution is 7.16. The SMILES string of the molecule is CC(C)(C)OCC(NN)c1ccc(Cl)s1. The molecule has 86 valence electrons. The molecule has 3 N–H and O–H groups in total. The van der Waals surface area contributed by atoms with Gasteiger partial charge in [0, 0.05) is 4.88 Å². The normalized spacial score (nSPS) is 14.2. The van der Waals surface area contributed by atoms with Crippen LogP contribution in [-0.2, 0) is 4.74 Å². The maximum absolute atomic E-state index is 5.86. The lowest BCUT2D eigenvalue weighted by Gasteiger charge is -2.23. The van der Waals surface area contributed by atoms with Crippen LogP contribution in [0.5, 0.6) is 0 Å². The first-order chi connectivity index (χ1) is 6.92. The second-order valence-electron chi connectivity index (χ2n) is 4.28. The zero-order valence-electron chi connectivity index (χ0n) is 9.21. The Morgan fingerprint density at radius 3 is 2.60 bits per heavy atom. The molecule has 0 aromatic carbocycles. The van der Waals surface area contributed by atoms with E-state index in [9.17, 15) is 0 Å². The molecule has 1 rings (SSSR count). The number of ether oxygens (including phenoxy) is 1. The summed E-state index contributed by atoms with van der Waals surface area (Å²) in [6, 6.07) is 3.83. The summed E-state index contributed by atoms with van der Waals surface area (Å²) in [5.74, 6) is 5.48. The average molecular weight is 249 g/mol. The molecule has 1 unspecified atom stereocenters. The third kappa shape index (κ3) is 4.49. The molecule has 1 aromatic heterocycles. The largest absolute Gasteiger partial charge is 0.374 e. The Morgan fingerprint density at radius 1 is 1.53 bits per heavy atom. The summed E-state index contributed by atoms with van der Waals surface area (Å²) < 4.78 is 6.43. The van der Waals surface area contributed by atoms with Crippen molar-refractivity contribution in [3.05, 3.63) is 21.3 Å². The van der Waals surface area contributed by atoms with Gasteiger partial charge in [0.25, 0.3) is 0 Å². The number of hydrogen-bond acceptors (Lipinski definition) is 4. The lowest BCUT2D eigenvalue weighted by Crippen LogP contribution is -2.33. The van der Waals surface area contributed by atoms with Crippen LogP contribution in [0.3, 0.4) is 0 Å². The fourth-order valence-corrected chi connectivity index (χ4v) is 2.17. The van der Waals surface area contributed by atoms with Gasteiger partial charge in [-0.3, -0.25) is 5.84 Å². The van der Waals surface area contributed by atoms with Crippen LogP contribution in [0.1, 0.15) is 31.7 Å². The lowest BCUT2D eigenvalue weighted by atomic mass is 10.2. The van der Waals surface area contributed by atoms with E-state index in [2.05, 4.69) is 5.43 Å². The third-order valence-electron chi connectivity index (χ3n) is 1.82. The molecule has 1 atom stereocenters. The summed E-state index contributed by atoms with van der Waals surface area (Å²) in [6.45, 7) is 6.59. The van der Waals surface area contributed by atoms with Crippen LogP contribution >= 0.6 is 22.9 Å². The number of hydrogen-bond donors (Lipinski definition) is 2. The van der Waals surface area contributed by atoms with Gasteiger partial charge in [0.2, 0.25) is 0 Å². The highest BCUT2D eigenvalue weighted by Crippen LogP contribution is 2.27. The molecule has 0 fully saturated rings. The van der Waals surface area contributed by atoms with Gasteiger partial charge in [-0.1, -0.05) is 11.6 Å². The van der Waals surface area contributed by atoms with Gasteiger partial charge in [0.15, 0.2) is 0 Å². The van der Waals surface area contributed by atoms with Crippen molar-refractivity contribution in [2.75, 3.05) is 6.61 Å². The Hall–Kier alpha value is -0.130. The fourth-order valence-electron chi connectivity index (χ4n) is 1.06. The zero-order chi connectivity index (χ0) is 11.5. The number of thiophene rings is 1. The van der Waals surface area contributed by atoms with E-state index in [-0.39, 0.29) is 11.6 Å². The monoisotopic (exact) mass is 248 g/mol. The van der Waals surface area contributed by atoms with E-state index in [1.807, 2.05) is 32.9 Å². The highest BCUT2D eigenvalue weighted by Gasteiger charge is 2.17. The molecular weight excluding hydrogens is 232 g/mol. The smallest absolute Gasteiger partial charge is 0.0931 e. The van der Waals surface area contributed by atoms with Crippen LogP contribution in [0.4, 0.5) is 0 Å². The van der Waals surface area contributed by atoms with Crippen LogP contribution < -0.4 is 11.3 Å². The van der Waals surface area contributed by atoms with E-state index in [1.54, 1.807) is 0 Å². The molecule has 0 aliphatic rings. The number of nitrogens with two attached hydrogens (primary N) is 1. The number of nitrogens with one attached hydrogen (secondary N) is 1. The molecule has 0 saturated heterocycles. The van der Waals surface area contributed by atoms with E-state index in [1.165, 1.54) is 11.3 Å². The summed E-state index contributed by atoms with van der Waals surface area (Å²) in [6.07, 6.45) is 0. The van der Waals surface area contributed by atoms with Crippen molar-refractivity contribution in [1.29, 1.82) is 0 Å². The molecule has 0 aliphatic heterocycles. The molecule has 3 nitrogen and oxygen atoms in total. The molecule has 0 saturated carbocycles. The zero-order valence-corrected chi connectivity index (χ0v) is 10.8. The Labute approximate surface area is 99.5 Å². The third-order valence-corrected chi connectivity index (χ3v) is 3.17. The maximum Gasteiger partial charge on any atom is 0.0931 e. The van der Waals surface area contributed by atoms with Crippen molar-refractivity contribution in [2.45, 2.75) is 32.4 Å². The van der Waals surface area contributed by atoms with Crippen molar-refractivity contribution in [2.24, 2.45) is 5.84 Å². The Kier molecular flexibility index (Phi) is 4.55. The van der Waals surface area contributed by atoms with Crippen LogP contribution in [0.25, 0.3) is 0 Å². The van der Waals surface area contributed by atoms with E-state index >= 15 is 0 Å². The average Bonchev–Trinajstić information content (AvgIpc) is 2.51. The van der Waals surface area contributed by atoms with Gasteiger partial charge < -0.3 is 4.74 Å². The summed E-state index contributed by atoms with van der Waals surface area (Å²) in [7, 11) is 0. The summed E-state index contributed by atoms with van der Waals surface area (Å²) in [4.78, 5) is 1.09. The number of hydrazine groups is 1. The molecular formula is C10H17ClN2OS. The molecule has 0 radical (unpaired) electrons. The standard InChI is InChI=1S/C10H17ClN2OS/c1-10(2,3)14-6-7(13-12)8-4-5-9(11)15-8/h4-5,7,13H,6,12H2,1-3H3. The van der Waals surface area contributed by atoms with Gasteiger partial charge in [-0.25, -0.2) is 5.43 Å². The topological polar surface area (TPSA) is 47.3 Å². The first kappa shape index (κ1) is 12.9. The van der Waals surface area contributed by atoms with Gasteiger partial charge in [0.1, 0.15) is 0 Å². The minimum absolute atomic E-state index is 0.00160. The maximum atomic E-state index is 5.86. The summed E-state index contributed by atoms with van der Waals surface area (Å²) in [5.41, 5.74) is 2.57. The Bertz CT molecular complexity index is 309. The molecule has 0 spiro atoms. The van der Waals surface area contributed by atoms with Crippen molar-refractivity contribution in [3.63, 3.8) is 0 Å². The first-order valence-corrected chi connectivity index (χ1v) is 5.97. The van der Waals surface area contributed by atoms with E-state index in [0.29, 0.717) is 6.61 Å². The molecule has 0 aliphatic carbocycles. The molecule has 15 heavy (non-hydrogen) atoms. The molecule has 1 heterocycles. The predicted molar refractivity (Wildman–Crippen MR) is 65.1 cm³/mol. The van der Waals surface area contributed by atoms with Gasteiger partial charge in [-0.15, -0.1) is 11.3 Å². The molecule has 0 amide bonds. The summed E-state index contributed by atoms with van der Waals surface area (Å²) >= 11 is 7.37. The van der Waals surface area contributed by atoms with Gasteiger partial charge >= 0.3 is 0 Å². The fraction of sp³-hybridized carbons (Fsp3) is 0.600. The lowest BCUT2D eigenvalue weighted by molar-refractivity contribution is -0.0143. The Balaban J connectivity index is 2.57. The van der Waals surface area contributed by atoms with E-state index in [0.717, 1.165) is 9.21 Å². The number of halogens is 1. The predicted octanol–water partition coefficient (Wildman–Crippen LogP) is 2.72. The van der Waals surface area contributed by atoms with Crippen LogP contribution in [-0.4, -0.2) is 12.2 Å².